The van der Waals surface area contributed by atoms with Crippen molar-refractivity contribution in [3.05, 3.63) is 53.6 Å². The van der Waals surface area contributed by atoms with Crippen LogP contribution in [0.5, 0.6) is 5.75 Å². The number of nitrogens with zero attached hydrogens (tertiary/aromatic N) is 1. The Morgan fingerprint density at radius 1 is 1.13 bits per heavy atom. The van der Waals surface area contributed by atoms with Crippen LogP contribution in [0.25, 0.3) is 0 Å². The van der Waals surface area contributed by atoms with E-state index >= 15 is 0 Å². The highest BCUT2D eigenvalue weighted by Crippen LogP contribution is 2.36. The SMILES string of the molecule is COc1ccc(CCNS(=O)(=O)c2ccc(N3C(=O)C(C)(C)CS3(=O)=O)cc2C)cc1. The normalized spacial score (nSPS) is 17.7. The number of aryl methyl sites for hydroxylation is 1. The van der Waals surface area contributed by atoms with Crippen molar-refractivity contribution in [1.82, 2.24) is 4.72 Å². The molecular formula is C21H26N2O6S2. The van der Waals surface area contributed by atoms with E-state index in [1.54, 1.807) is 27.9 Å². The van der Waals surface area contributed by atoms with E-state index in [-0.39, 0.29) is 22.9 Å². The lowest BCUT2D eigenvalue weighted by Gasteiger charge is -2.19. The highest BCUT2D eigenvalue weighted by atomic mass is 32.2. The third-order valence-corrected chi connectivity index (χ3v) is 8.77. The molecule has 0 atom stereocenters. The van der Waals surface area contributed by atoms with Crippen molar-refractivity contribution < 1.29 is 26.4 Å². The number of rotatable bonds is 7. The molecule has 2 aromatic carbocycles. The molecule has 1 aliphatic heterocycles. The van der Waals surface area contributed by atoms with E-state index in [2.05, 4.69) is 4.72 Å². The summed E-state index contributed by atoms with van der Waals surface area (Å²) in [4.78, 5) is 12.6. The Hall–Kier alpha value is -2.43. The zero-order chi connectivity index (χ0) is 23.0. The lowest BCUT2D eigenvalue weighted by molar-refractivity contribution is -0.123. The summed E-state index contributed by atoms with van der Waals surface area (Å²) >= 11 is 0. The van der Waals surface area contributed by atoms with Gasteiger partial charge in [0.05, 0.1) is 28.9 Å². The van der Waals surface area contributed by atoms with Crippen LogP contribution in [-0.2, 0) is 31.3 Å². The maximum absolute atomic E-state index is 12.7. The lowest BCUT2D eigenvalue weighted by atomic mass is 9.95. The van der Waals surface area contributed by atoms with Crippen LogP contribution in [0.15, 0.2) is 47.4 Å². The second-order valence-electron chi connectivity index (χ2n) is 8.16. The molecule has 1 N–H and O–H groups in total. The first-order chi connectivity index (χ1) is 14.4. The molecule has 0 spiro atoms. The van der Waals surface area contributed by atoms with E-state index in [0.29, 0.717) is 12.0 Å². The molecule has 1 aliphatic rings. The molecule has 0 saturated carbocycles. The fourth-order valence-electron chi connectivity index (χ4n) is 3.52. The molecule has 3 rings (SSSR count). The summed E-state index contributed by atoms with van der Waals surface area (Å²) in [5.41, 5.74) is 0.420. The molecule has 1 fully saturated rings. The molecule has 1 saturated heterocycles. The third-order valence-electron chi connectivity index (χ3n) is 5.13. The molecule has 31 heavy (non-hydrogen) atoms. The van der Waals surface area contributed by atoms with Gasteiger partial charge in [0, 0.05) is 6.54 Å². The molecule has 2 aromatic rings. The van der Waals surface area contributed by atoms with Gasteiger partial charge in [0.15, 0.2) is 0 Å². The standard InChI is InChI=1S/C21H26N2O6S2/c1-15-13-17(23-20(24)21(2,3)14-30(23,25)26)7-10-19(15)31(27,28)22-12-11-16-5-8-18(29-4)9-6-16/h5-10,13,22H,11-12,14H2,1-4H3. The Bertz CT molecular complexity index is 1200. The number of amides is 1. The van der Waals surface area contributed by atoms with Crippen LogP contribution >= 0.6 is 0 Å². The van der Waals surface area contributed by atoms with E-state index < -0.39 is 31.4 Å². The van der Waals surface area contributed by atoms with E-state index in [0.717, 1.165) is 15.6 Å². The van der Waals surface area contributed by atoms with Crippen LogP contribution in [0.1, 0.15) is 25.0 Å². The molecule has 8 nitrogen and oxygen atoms in total. The number of hydrogen-bond donors (Lipinski definition) is 1. The van der Waals surface area contributed by atoms with Crippen molar-refractivity contribution in [3.63, 3.8) is 0 Å². The molecule has 168 valence electrons. The smallest absolute Gasteiger partial charge is 0.247 e. The summed E-state index contributed by atoms with van der Waals surface area (Å²) in [6.45, 7) is 4.92. The van der Waals surface area contributed by atoms with Crippen molar-refractivity contribution >= 4 is 31.6 Å². The van der Waals surface area contributed by atoms with Crippen LogP contribution in [0.3, 0.4) is 0 Å². The number of nitrogens with one attached hydrogen (secondary N) is 1. The summed E-state index contributed by atoms with van der Waals surface area (Å²) in [7, 11) is -6.03. The predicted molar refractivity (Wildman–Crippen MR) is 118 cm³/mol. The molecule has 1 heterocycles. The van der Waals surface area contributed by atoms with Crippen molar-refractivity contribution in [2.75, 3.05) is 23.7 Å². The average molecular weight is 467 g/mol. The van der Waals surface area contributed by atoms with Gasteiger partial charge in [0.25, 0.3) is 0 Å². The zero-order valence-corrected chi connectivity index (χ0v) is 19.5. The van der Waals surface area contributed by atoms with Crippen molar-refractivity contribution in [2.45, 2.75) is 32.1 Å². The molecule has 0 bridgehead atoms. The Labute approximate surface area is 183 Å². The number of anilines is 1. The maximum atomic E-state index is 12.7. The number of carbonyl (C=O) groups is 1. The lowest BCUT2D eigenvalue weighted by Crippen LogP contribution is -2.33. The second-order valence-corrected chi connectivity index (χ2v) is 11.7. The Balaban J connectivity index is 1.76. The highest BCUT2D eigenvalue weighted by molar-refractivity contribution is 7.94. The van der Waals surface area contributed by atoms with Crippen LogP contribution < -0.4 is 13.8 Å². The Kier molecular flexibility index (Phi) is 6.18. The van der Waals surface area contributed by atoms with Crippen molar-refractivity contribution in [2.24, 2.45) is 5.41 Å². The van der Waals surface area contributed by atoms with Gasteiger partial charge in [-0.05, 0) is 68.7 Å². The summed E-state index contributed by atoms with van der Waals surface area (Å²) in [5, 5.41) is 0. The monoisotopic (exact) mass is 466 g/mol. The second kappa shape index (κ2) is 8.25. The Morgan fingerprint density at radius 2 is 1.77 bits per heavy atom. The van der Waals surface area contributed by atoms with Gasteiger partial charge < -0.3 is 4.74 Å². The summed E-state index contributed by atoms with van der Waals surface area (Å²) in [6, 6.07) is 11.4. The van der Waals surface area contributed by atoms with Gasteiger partial charge in [0.2, 0.25) is 26.0 Å². The van der Waals surface area contributed by atoms with Gasteiger partial charge >= 0.3 is 0 Å². The molecule has 0 aromatic heterocycles. The molecule has 10 heteroatoms. The van der Waals surface area contributed by atoms with Crippen molar-refractivity contribution in [1.29, 1.82) is 0 Å². The summed E-state index contributed by atoms with van der Waals surface area (Å²) < 4.78 is 58.8. The molecule has 1 amide bonds. The fraction of sp³-hybridized carbons (Fsp3) is 0.381. The largest absolute Gasteiger partial charge is 0.497 e. The molecule has 0 unspecified atom stereocenters. The topological polar surface area (TPSA) is 110 Å². The third kappa shape index (κ3) is 4.76. The van der Waals surface area contributed by atoms with Crippen LogP contribution in [-0.4, -0.2) is 42.2 Å². The van der Waals surface area contributed by atoms with E-state index in [1.807, 2.05) is 24.3 Å². The number of benzene rings is 2. The summed E-state index contributed by atoms with van der Waals surface area (Å²) in [6.07, 6.45) is 0.496. The van der Waals surface area contributed by atoms with Gasteiger partial charge in [-0.3, -0.25) is 4.79 Å². The first kappa shape index (κ1) is 23.2. The minimum absolute atomic E-state index is 0.0364. The van der Waals surface area contributed by atoms with E-state index in [9.17, 15) is 21.6 Å². The fourth-order valence-corrected chi connectivity index (χ4v) is 6.88. The highest BCUT2D eigenvalue weighted by Gasteiger charge is 2.50. The average Bonchev–Trinajstić information content (AvgIpc) is 2.84. The van der Waals surface area contributed by atoms with Crippen LogP contribution in [0.2, 0.25) is 0 Å². The first-order valence-electron chi connectivity index (χ1n) is 9.68. The number of carbonyl (C=O) groups excluding carboxylic acids is 1. The van der Waals surface area contributed by atoms with Gasteiger partial charge in [-0.15, -0.1) is 0 Å². The van der Waals surface area contributed by atoms with Gasteiger partial charge in [-0.2, -0.15) is 0 Å². The first-order valence-corrected chi connectivity index (χ1v) is 12.8. The minimum atomic E-state index is -3.81. The zero-order valence-electron chi connectivity index (χ0n) is 17.9. The van der Waals surface area contributed by atoms with Gasteiger partial charge in [0.1, 0.15) is 5.75 Å². The van der Waals surface area contributed by atoms with Crippen molar-refractivity contribution in [3.8, 4) is 5.75 Å². The summed E-state index contributed by atoms with van der Waals surface area (Å²) in [5.74, 6) is -0.0905. The maximum Gasteiger partial charge on any atom is 0.247 e. The van der Waals surface area contributed by atoms with Crippen LogP contribution in [0, 0.1) is 12.3 Å². The predicted octanol–water partition coefficient (Wildman–Crippen LogP) is 2.23. The van der Waals surface area contributed by atoms with Gasteiger partial charge in [-0.1, -0.05) is 12.1 Å². The Morgan fingerprint density at radius 3 is 2.29 bits per heavy atom. The van der Waals surface area contributed by atoms with Gasteiger partial charge in [-0.25, -0.2) is 25.9 Å². The number of methoxy groups -OCH3 is 1. The van der Waals surface area contributed by atoms with E-state index in [1.165, 1.54) is 18.2 Å². The number of sulfonamides is 2. The molecule has 0 aliphatic carbocycles. The quantitative estimate of drug-likeness (QED) is 0.670. The number of ether oxygens (including phenoxy) is 1. The number of hydrogen-bond acceptors (Lipinski definition) is 6. The molecule has 0 radical (unpaired) electrons. The minimum Gasteiger partial charge on any atom is -0.497 e. The molecular weight excluding hydrogens is 440 g/mol. The van der Waals surface area contributed by atoms with Crippen LogP contribution in [0.4, 0.5) is 5.69 Å². The van der Waals surface area contributed by atoms with E-state index in [4.69, 9.17) is 4.74 Å².